The SMILES string of the molecule is O=C1CC(c2ccccc2Cl)n2c(=O)n(-c3ccccc3)c(=O)n21. The molecular formula is C17H12ClN3O3. The molecule has 0 saturated heterocycles. The number of halogens is 1. The maximum absolute atomic E-state index is 12.8. The van der Waals surface area contributed by atoms with Gasteiger partial charge in [-0.1, -0.05) is 48.0 Å². The predicted molar refractivity (Wildman–Crippen MR) is 89.1 cm³/mol. The van der Waals surface area contributed by atoms with E-state index >= 15 is 0 Å². The van der Waals surface area contributed by atoms with Gasteiger partial charge in [-0.15, -0.1) is 0 Å². The van der Waals surface area contributed by atoms with E-state index in [4.69, 9.17) is 11.6 Å². The van der Waals surface area contributed by atoms with Gasteiger partial charge in [0.25, 0.3) is 5.91 Å². The van der Waals surface area contributed by atoms with E-state index in [1.807, 2.05) is 0 Å². The smallest absolute Gasteiger partial charge is 0.272 e. The molecule has 0 saturated carbocycles. The Bertz CT molecular complexity index is 1060. The van der Waals surface area contributed by atoms with Crippen molar-refractivity contribution in [2.24, 2.45) is 0 Å². The first-order chi connectivity index (χ1) is 11.6. The molecule has 1 unspecified atom stereocenters. The molecule has 2 heterocycles. The fourth-order valence-electron chi connectivity index (χ4n) is 3.08. The Labute approximate surface area is 141 Å². The second kappa shape index (κ2) is 5.35. The Morgan fingerprint density at radius 1 is 0.875 bits per heavy atom. The minimum atomic E-state index is -0.661. The lowest BCUT2D eigenvalue weighted by Gasteiger charge is -2.12. The van der Waals surface area contributed by atoms with Crippen LogP contribution in [0.4, 0.5) is 0 Å². The molecule has 1 aliphatic rings. The van der Waals surface area contributed by atoms with Gasteiger partial charge in [-0.25, -0.2) is 18.8 Å². The number of hydrogen-bond donors (Lipinski definition) is 0. The molecule has 6 nitrogen and oxygen atoms in total. The maximum Gasteiger partial charge on any atom is 0.359 e. The number of hydrogen-bond acceptors (Lipinski definition) is 3. The maximum atomic E-state index is 12.8. The van der Waals surface area contributed by atoms with Crippen LogP contribution in [-0.2, 0) is 0 Å². The molecule has 0 spiro atoms. The molecule has 2 aromatic carbocycles. The Kier molecular flexibility index (Phi) is 3.28. The van der Waals surface area contributed by atoms with Crippen LogP contribution < -0.4 is 11.4 Å². The number of fused-ring (bicyclic) bond motifs is 1. The van der Waals surface area contributed by atoms with E-state index in [-0.39, 0.29) is 6.42 Å². The van der Waals surface area contributed by atoms with Gasteiger partial charge < -0.3 is 0 Å². The molecule has 1 aromatic heterocycles. The fraction of sp³-hybridized carbons (Fsp3) is 0.118. The van der Waals surface area contributed by atoms with Crippen LogP contribution in [0.15, 0.2) is 64.2 Å². The van der Waals surface area contributed by atoms with Gasteiger partial charge in [0.05, 0.1) is 18.2 Å². The molecule has 3 aromatic rings. The van der Waals surface area contributed by atoms with E-state index in [0.717, 1.165) is 9.25 Å². The summed E-state index contributed by atoms with van der Waals surface area (Å²) in [5, 5.41) is 0.454. The van der Waals surface area contributed by atoms with Gasteiger partial charge in [0.2, 0.25) is 0 Å². The average molecular weight is 342 g/mol. The first-order valence-corrected chi connectivity index (χ1v) is 7.77. The van der Waals surface area contributed by atoms with E-state index in [1.165, 1.54) is 4.68 Å². The summed E-state index contributed by atoms with van der Waals surface area (Å²) in [6.45, 7) is 0. The molecule has 0 bridgehead atoms. The highest BCUT2D eigenvalue weighted by Gasteiger charge is 2.36. The van der Waals surface area contributed by atoms with Crippen LogP contribution in [0.1, 0.15) is 22.8 Å². The fourth-order valence-corrected chi connectivity index (χ4v) is 3.34. The molecule has 7 heteroatoms. The Balaban J connectivity index is 1.99. The lowest BCUT2D eigenvalue weighted by molar-refractivity contribution is 0.0910. The van der Waals surface area contributed by atoms with Gasteiger partial charge in [0.1, 0.15) is 0 Å². The van der Waals surface area contributed by atoms with Gasteiger partial charge in [0.15, 0.2) is 0 Å². The summed E-state index contributed by atoms with van der Waals surface area (Å²) in [7, 11) is 0. The van der Waals surface area contributed by atoms with Crippen molar-refractivity contribution < 1.29 is 4.79 Å². The number of carbonyl (C=O) groups excluding carboxylic acids is 1. The Hall–Kier alpha value is -2.86. The molecule has 1 atom stereocenters. The van der Waals surface area contributed by atoms with Crippen molar-refractivity contribution >= 4 is 17.5 Å². The van der Waals surface area contributed by atoms with Crippen molar-refractivity contribution in [1.29, 1.82) is 0 Å². The zero-order valence-electron chi connectivity index (χ0n) is 12.4. The van der Waals surface area contributed by atoms with E-state index < -0.39 is 23.3 Å². The summed E-state index contributed by atoms with van der Waals surface area (Å²) in [5.41, 5.74) is -0.147. The number of rotatable bonds is 2. The molecule has 0 N–H and O–H groups in total. The van der Waals surface area contributed by atoms with Crippen LogP contribution in [0.25, 0.3) is 5.69 Å². The number of aromatic nitrogens is 3. The van der Waals surface area contributed by atoms with Gasteiger partial charge in [-0.05, 0) is 23.8 Å². The molecule has 24 heavy (non-hydrogen) atoms. The first-order valence-electron chi connectivity index (χ1n) is 7.39. The standard InChI is InChI=1S/C17H12ClN3O3/c18-13-9-5-4-8-12(13)14-10-15(22)21-17(24)19(16(23)20(14)21)11-6-2-1-3-7-11/h1-9,14H,10H2. The Morgan fingerprint density at radius 3 is 2.25 bits per heavy atom. The summed E-state index contributed by atoms with van der Waals surface area (Å²) < 4.78 is 3.10. The van der Waals surface area contributed by atoms with Crippen molar-refractivity contribution in [1.82, 2.24) is 13.9 Å². The molecule has 4 rings (SSSR count). The molecule has 0 fully saturated rings. The monoisotopic (exact) mass is 341 g/mol. The van der Waals surface area contributed by atoms with E-state index in [2.05, 4.69) is 0 Å². The summed E-state index contributed by atoms with van der Waals surface area (Å²) in [4.78, 5) is 37.8. The average Bonchev–Trinajstić information content (AvgIpc) is 3.05. The third-order valence-electron chi connectivity index (χ3n) is 4.15. The van der Waals surface area contributed by atoms with Gasteiger partial charge in [-0.3, -0.25) is 4.79 Å². The zero-order chi connectivity index (χ0) is 16.8. The second-order valence-electron chi connectivity index (χ2n) is 5.53. The summed E-state index contributed by atoms with van der Waals surface area (Å²) in [6, 6.07) is 14.9. The third-order valence-corrected chi connectivity index (χ3v) is 4.50. The van der Waals surface area contributed by atoms with E-state index in [0.29, 0.717) is 16.3 Å². The first kappa shape index (κ1) is 14.7. The third kappa shape index (κ3) is 2.00. The van der Waals surface area contributed by atoms with Crippen LogP contribution in [0.2, 0.25) is 5.02 Å². The highest BCUT2D eigenvalue weighted by atomic mass is 35.5. The molecule has 0 aliphatic carbocycles. The molecule has 0 amide bonds. The van der Waals surface area contributed by atoms with Crippen molar-refractivity contribution in [3.05, 3.63) is 86.2 Å². The van der Waals surface area contributed by atoms with Gasteiger partial charge in [0, 0.05) is 5.02 Å². The minimum Gasteiger partial charge on any atom is -0.272 e. The Morgan fingerprint density at radius 2 is 1.54 bits per heavy atom. The van der Waals surface area contributed by atoms with Crippen LogP contribution >= 0.6 is 11.6 Å². The number of para-hydroxylation sites is 1. The predicted octanol–water partition coefficient (Wildman–Crippen LogP) is 2.09. The lowest BCUT2D eigenvalue weighted by Crippen LogP contribution is -2.30. The highest BCUT2D eigenvalue weighted by molar-refractivity contribution is 6.31. The number of carbonyl (C=O) groups is 1. The normalized spacial score (nSPS) is 16.4. The van der Waals surface area contributed by atoms with Crippen LogP contribution in [-0.4, -0.2) is 19.8 Å². The zero-order valence-corrected chi connectivity index (χ0v) is 13.2. The van der Waals surface area contributed by atoms with Crippen molar-refractivity contribution in [2.45, 2.75) is 12.5 Å². The number of nitrogens with zero attached hydrogens (tertiary/aromatic N) is 3. The quantitative estimate of drug-likeness (QED) is 0.717. The molecule has 0 radical (unpaired) electrons. The van der Waals surface area contributed by atoms with Crippen molar-refractivity contribution in [2.75, 3.05) is 0 Å². The second-order valence-corrected chi connectivity index (χ2v) is 5.93. The molecule has 1 aliphatic heterocycles. The van der Waals surface area contributed by atoms with Crippen LogP contribution in [0, 0.1) is 0 Å². The van der Waals surface area contributed by atoms with Crippen LogP contribution in [0.3, 0.4) is 0 Å². The number of benzene rings is 2. The minimum absolute atomic E-state index is 0.0316. The largest absolute Gasteiger partial charge is 0.359 e. The summed E-state index contributed by atoms with van der Waals surface area (Å²) >= 11 is 6.21. The van der Waals surface area contributed by atoms with Gasteiger partial charge in [-0.2, -0.15) is 4.68 Å². The highest BCUT2D eigenvalue weighted by Crippen LogP contribution is 2.30. The van der Waals surface area contributed by atoms with Crippen LogP contribution in [0.5, 0.6) is 0 Å². The molecule has 120 valence electrons. The van der Waals surface area contributed by atoms with E-state index in [1.54, 1.807) is 54.6 Å². The van der Waals surface area contributed by atoms with Gasteiger partial charge >= 0.3 is 11.4 Å². The molecular weight excluding hydrogens is 330 g/mol. The van der Waals surface area contributed by atoms with Crippen molar-refractivity contribution in [3.63, 3.8) is 0 Å². The summed E-state index contributed by atoms with van der Waals surface area (Å²) in [5.74, 6) is -0.420. The lowest BCUT2D eigenvalue weighted by atomic mass is 10.0. The van der Waals surface area contributed by atoms with Crippen molar-refractivity contribution in [3.8, 4) is 5.69 Å². The topological polar surface area (TPSA) is 66.0 Å². The summed E-state index contributed by atoms with van der Waals surface area (Å²) in [6.07, 6.45) is 0.0316. The van der Waals surface area contributed by atoms with E-state index in [9.17, 15) is 14.4 Å².